The van der Waals surface area contributed by atoms with Crippen molar-refractivity contribution >= 4 is 23.5 Å². The molecule has 17 heavy (non-hydrogen) atoms. The Morgan fingerprint density at radius 3 is 2.76 bits per heavy atom. The monoisotopic (exact) mass is 255 g/mol. The van der Waals surface area contributed by atoms with Crippen LogP contribution >= 0.6 is 11.6 Å². The van der Waals surface area contributed by atoms with Gasteiger partial charge in [0.2, 0.25) is 23.1 Å². The van der Waals surface area contributed by atoms with Crippen molar-refractivity contribution in [1.29, 1.82) is 0 Å². The highest BCUT2D eigenvalue weighted by molar-refractivity contribution is 6.28. The highest BCUT2D eigenvalue weighted by Crippen LogP contribution is 2.06. The third kappa shape index (κ3) is 3.25. The quantitative estimate of drug-likeness (QED) is 0.809. The molecule has 0 aromatic carbocycles. The first-order chi connectivity index (χ1) is 8.13. The molecule has 0 saturated carbocycles. The summed E-state index contributed by atoms with van der Waals surface area (Å²) in [6.45, 7) is 2.29. The van der Waals surface area contributed by atoms with Crippen LogP contribution in [0.5, 0.6) is 0 Å². The van der Waals surface area contributed by atoms with E-state index in [1.807, 2.05) is 0 Å². The molecule has 3 N–H and O–H groups in total. The van der Waals surface area contributed by atoms with E-state index in [1.165, 1.54) is 0 Å². The number of aromatic nitrogens is 5. The number of rotatable bonds is 4. The Bertz CT molecular complexity index is 494. The molecule has 0 bridgehead atoms. The summed E-state index contributed by atoms with van der Waals surface area (Å²) in [5.74, 6) is 1.54. The number of nitrogens with two attached hydrogens (primary N) is 1. The summed E-state index contributed by atoms with van der Waals surface area (Å²) < 4.78 is 4.94. The lowest BCUT2D eigenvalue weighted by molar-refractivity contribution is 0.377. The van der Waals surface area contributed by atoms with E-state index in [0.29, 0.717) is 30.6 Å². The summed E-state index contributed by atoms with van der Waals surface area (Å²) in [6, 6.07) is 0. The van der Waals surface area contributed by atoms with Gasteiger partial charge < -0.3 is 15.6 Å². The zero-order chi connectivity index (χ0) is 12.3. The minimum absolute atomic E-state index is 0.0497. The van der Waals surface area contributed by atoms with Crippen LogP contribution in [0.4, 0.5) is 11.9 Å². The molecule has 2 aromatic heterocycles. The van der Waals surface area contributed by atoms with Crippen molar-refractivity contribution in [3.63, 3.8) is 0 Å². The van der Waals surface area contributed by atoms with Gasteiger partial charge in [-0.05, 0) is 18.5 Å². The molecular formula is C8H10ClN7O. The molecule has 2 rings (SSSR count). The van der Waals surface area contributed by atoms with Gasteiger partial charge in [-0.2, -0.15) is 19.9 Å². The Balaban J connectivity index is 1.89. The van der Waals surface area contributed by atoms with Crippen molar-refractivity contribution in [1.82, 2.24) is 25.1 Å². The number of anilines is 2. The Labute approximate surface area is 102 Å². The average molecular weight is 256 g/mol. The summed E-state index contributed by atoms with van der Waals surface area (Å²) in [5.41, 5.74) is 5.42. The zero-order valence-corrected chi connectivity index (χ0v) is 9.77. The van der Waals surface area contributed by atoms with Crippen molar-refractivity contribution < 1.29 is 4.52 Å². The first-order valence-electron chi connectivity index (χ1n) is 4.83. The number of nitrogens with one attached hydrogen (secondary N) is 1. The Kier molecular flexibility index (Phi) is 3.33. The van der Waals surface area contributed by atoms with Crippen LogP contribution in [0.25, 0.3) is 0 Å². The molecule has 0 fully saturated rings. The van der Waals surface area contributed by atoms with Crippen LogP contribution in [0.2, 0.25) is 5.28 Å². The maximum absolute atomic E-state index is 5.63. The van der Waals surface area contributed by atoms with Crippen LogP contribution in [0, 0.1) is 6.92 Å². The van der Waals surface area contributed by atoms with Crippen LogP contribution in [0.1, 0.15) is 11.7 Å². The van der Waals surface area contributed by atoms with E-state index in [-0.39, 0.29) is 11.2 Å². The summed E-state index contributed by atoms with van der Waals surface area (Å²) in [4.78, 5) is 15.4. The van der Waals surface area contributed by atoms with E-state index >= 15 is 0 Å². The van der Waals surface area contributed by atoms with Gasteiger partial charge in [0.1, 0.15) is 0 Å². The molecule has 9 heteroatoms. The second-order valence-electron chi connectivity index (χ2n) is 3.20. The molecule has 0 aliphatic carbocycles. The molecule has 0 aliphatic rings. The topological polar surface area (TPSA) is 116 Å². The summed E-state index contributed by atoms with van der Waals surface area (Å²) in [6.07, 6.45) is 0.560. The number of aryl methyl sites for hydroxylation is 1. The third-order valence-electron chi connectivity index (χ3n) is 1.82. The van der Waals surface area contributed by atoms with Gasteiger partial charge in [-0.3, -0.25) is 0 Å². The SMILES string of the molecule is Cc1noc(CCNc2nc(N)nc(Cl)n2)n1. The number of halogens is 1. The molecule has 0 unspecified atom stereocenters. The molecule has 0 atom stereocenters. The number of hydrogen-bond acceptors (Lipinski definition) is 8. The molecule has 8 nitrogen and oxygen atoms in total. The normalized spacial score (nSPS) is 10.5. The van der Waals surface area contributed by atoms with E-state index in [9.17, 15) is 0 Å². The molecule has 2 heterocycles. The van der Waals surface area contributed by atoms with Gasteiger partial charge in [-0.25, -0.2) is 0 Å². The number of hydrogen-bond donors (Lipinski definition) is 2. The van der Waals surface area contributed by atoms with Crippen LogP contribution in [-0.4, -0.2) is 31.6 Å². The summed E-state index contributed by atoms with van der Waals surface area (Å²) in [5, 5.41) is 6.65. The highest BCUT2D eigenvalue weighted by atomic mass is 35.5. The molecular weight excluding hydrogens is 246 g/mol. The lowest BCUT2D eigenvalue weighted by Crippen LogP contribution is -2.10. The number of nitrogen functional groups attached to an aromatic ring is 1. The second-order valence-corrected chi connectivity index (χ2v) is 3.54. The Morgan fingerprint density at radius 2 is 2.12 bits per heavy atom. The Hall–Kier alpha value is -1.96. The van der Waals surface area contributed by atoms with Crippen molar-refractivity contribution in [2.24, 2.45) is 0 Å². The summed E-state index contributed by atoms with van der Waals surface area (Å²) >= 11 is 5.63. The van der Waals surface area contributed by atoms with Gasteiger partial charge in [-0.15, -0.1) is 0 Å². The van der Waals surface area contributed by atoms with Gasteiger partial charge in [0.05, 0.1) is 0 Å². The fourth-order valence-electron chi connectivity index (χ4n) is 1.17. The first kappa shape index (κ1) is 11.5. The van der Waals surface area contributed by atoms with E-state index in [4.69, 9.17) is 21.9 Å². The second kappa shape index (κ2) is 4.91. The van der Waals surface area contributed by atoms with Gasteiger partial charge in [0.15, 0.2) is 5.82 Å². The van der Waals surface area contributed by atoms with E-state index in [1.54, 1.807) is 6.92 Å². The molecule has 0 radical (unpaired) electrons. The average Bonchev–Trinajstić information content (AvgIpc) is 2.63. The largest absolute Gasteiger partial charge is 0.368 e. The van der Waals surface area contributed by atoms with Crippen LogP contribution in [0.15, 0.2) is 4.52 Å². The predicted octanol–water partition coefficient (Wildman–Crippen LogP) is 0.453. The van der Waals surface area contributed by atoms with Crippen molar-refractivity contribution in [2.75, 3.05) is 17.6 Å². The van der Waals surface area contributed by atoms with E-state index in [2.05, 4.69) is 30.4 Å². The fourth-order valence-corrected chi connectivity index (χ4v) is 1.33. The van der Waals surface area contributed by atoms with E-state index in [0.717, 1.165) is 0 Å². The highest BCUT2D eigenvalue weighted by Gasteiger charge is 2.04. The van der Waals surface area contributed by atoms with Crippen LogP contribution in [0.3, 0.4) is 0 Å². The molecule has 2 aromatic rings. The molecule has 0 saturated heterocycles. The van der Waals surface area contributed by atoms with Crippen LogP contribution in [-0.2, 0) is 6.42 Å². The summed E-state index contributed by atoms with van der Waals surface area (Å²) in [7, 11) is 0. The van der Waals surface area contributed by atoms with Gasteiger partial charge in [0.25, 0.3) is 0 Å². The third-order valence-corrected chi connectivity index (χ3v) is 1.99. The smallest absolute Gasteiger partial charge is 0.228 e. The molecule has 0 amide bonds. The molecule has 0 spiro atoms. The standard InChI is InChI=1S/C8H10ClN7O/c1-4-12-5(17-16-4)2-3-11-8-14-6(9)13-7(10)15-8/h2-3H2,1H3,(H3,10,11,13,14,15). The maximum atomic E-state index is 5.63. The van der Waals surface area contributed by atoms with Crippen molar-refractivity contribution in [2.45, 2.75) is 13.3 Å². The molecule has 0 aliphatic heterocycles. The lowest BCUT2D eigenvalue weighted by atomic mass is 10.4. The maximum Gasteiger partial charge on any atom is 0.228 e. The fraction of sp³-hybridized carbons (Fsp3) is 0.375. The minimum Gasteiger partial charge on any atom is -0.368 e. The first-order valence-corrected chi connectivity index (χ1v) is 5.21. The van der Waals surface area contributed by atoms with Crippen LogP contribution < -0.4 is 11.1 Å². The van der Waals surface area contributed by atoms with Gasteiger partial charge in [-0.1, -0.05) is 5.16 Å². The molecule has 90 valence electrons. The van der Waals surface area contributed by atoms with Crippen molar-refractivity contribution in [3.8, 4) is 0 Å². The van der Waals surface area contributed by atoms with E-state index < -0.39 is 0 Å². The Morgan fingerprint density at radius 1 is 1.29 bits per heavy atom. The van der Waals surface area contributed by atoms with Crippen molar-refractivity contribution in [3.05, 3.63) is 17.0 Å². The minimum atomic E-state index is 0.0497. The lowest BCUT2D eigenvalue weighted by Gasteiger charge is -2.02. The van der Waals surface area contributed by atoms with Gasteiger partial charge >= 0.3 is 0 Å². The zero-order valence-electron chi connectivity index (χ0n) is 9.01. The predicted molar refractivity (Wildman–Crippen MR) is 60.5 cm³/mol. The van der Waals surface area contributed by atoms with Gasteiger partial charge in [0, 0.05) is 13.0 Å². The number of nitrogens with zero attached hydrogens (tertiary/aromatic N) is 5.